The molecule has 14 aromatic carbocycles. The van der Waals surface area contributed by atoms with Crippen molar-refractivity contribution in [1.82, 2.24) is 9.13 Å². The highest BCUT2D eigenvalue weighted by molar-refractivity contribution is 7.27. The largest absolute Gasteiger partial charge is 0.454 e. The molecule has 20 aromatic rings. The van der Waals surface area contributed by atoms with Crippen LogP contribution in [0.4, 0.5) is 0 Å². The Kier molecular flexibility index (Phi) is 12.6. The minimum Gasteiger partial charge on any atom is -0.454 e. The lowest BCUT2D eigenvalue weighted by Gasteiger charge is -2.13. The van der Waals surface area contributed by atoms with Gasteiger partial charge in [-0.25, -0.2) is 0 Å². The average Bonchev–Trinajstić information content (AvgIpc) is 1.56. The zero-order chi connectivity index (χ0) is 61.8. The molecule has 0 saturated heterocycles. The molecule has 0 radical (unpaired) electrons. The fourth-order valence-electron chi connectivity index (χ4n) is 14.7. The predicted octanol–water partition coefficient (Wildman–Crippen LogP) is 25.8. The molecule has 0 N–H and O–H groups in total. The van der Waals surface area contributed by atoms with Crippen LogP contribution in [0.3, 0.4) is 0 Å². The van der Waals surface area contributed by atoms with Crippen molar-refractivity contribution in [1.29, 1.82) is 0 Å². The molecular formula is C88H54N2O2S2. The van der Waals surface area contributed by atoms with E-state index in [-0.39, 0.29) is 0 Å². The quantitative estimate of drug-likeness (QED) is 0.152. The van der Waals surface area contributed by atoms with Crippen molar-refractivity contribution in [2.24, 2.45) is 0 Å². The molecule has 6 aromatic heterocycles. The molecule has 0 aliphatic rings. The summed E-state index contributed by atoms with van der Waals surface area (Å²) in [7, 11) is 0. The topological polar surface area (TPSA) is 36.1 Å². The van der Waals surface area contributed by atoms with E-state index >= 15 is 0 Å². The van der Waals surface area contributed by atoms with Crippen LogP contribution in [0.1, 0.15) is 0 Å². The summed E-state index contributed by atoms with van der Waals surface area (Å²) in [6.07, 6.45) is 0. The Balaban J connectivity index is 0.000000133. The van der Waals surface area contributed by atoms with E-state index in [0.29, 0.717) is 0 Å². The van der Waals surface area contributed by atoms with Crippen molar-refractivity contribution in [2.75, 3.05) is 0 Å². The number of thiophene rings is 2. The van der Waals surface area contributed by atoms with Crippen molar-refractivity contribution >= 4 is 129 Å². The molecule has 0 aliphatic heterocycles. The van der Waals surface area contributed by atoms with Crippen molar-refractivity contribution in [3.63, 3.8) is 0 Å². The van der Waals surface area contributed by atoms with Crippen LogP contribution in [0.5, 0.6) is 0 Å². The number of hydrogen-bond donors (Lipinski definition) is 0. The van der Waals surface area contributed by atoms with Gasteiger partial charge in [0.15, 0.2) is 11.2 Å². The third kappa shape index (κ3) is 8.58. The van der Waals surface area contributed by atoms with E-state index in [1.54, 1.807) is 0 Å². The van der Waals surface area contributed by atoms with Gasteiger partial charge in [0.25, 0.3) is 0 Å². The zero-order valence-electron chi connectivity index (χ0n) is 50.7. The average molecular weight is 1240 g/mol. The Hall–Kier alpha value is -11.8. The second-order valence-electron chi connectivity index (χ2n) is 24.1. The second-order valence-corrected chi connectivity index (χ2v) is 26.2. The second kappa shape index (κ2) is 22.0. The summed E-state index contributed by atoms with van der Waals surface area (Å²) in [5, 5.41) is 9.70. The highest BCUT2D eigenvalue weighted by atomic mass is 32.1. The maximum absolute atomic E-state index is 6.72. The van der Waals surface area contributed by atoms with Gasteiger partial charge in [-0.3, -0.25) is 0 Å². The molecule has 0 saturated carbocycles. The van der Waals surface area contributed by atoms with Crippen molar-refractivity contribution in [2.45, 2.75) is 0 Å². The molecule has 20 rings (SSSR count). The Morgan fingerprint density at radius 3 is 1.17 bits per heavy atom. The smallest absolute Gasteiger partial charge is 0.161 e. The van der Waals surface area contributed by atoms with Crippen LogP contribution in [-0.2, 0) is 0 Å². The molecular weight excluding hydrogens is 1180 g/mol. The Morgan fingerprint density at radius 1 is 0.234 bits per heavy atom. The van der Waals surface area contributed by atoms with E-state index in [4.69, 9.17) is 8.83 Å². The standard InChI is InChI=1S/2C44H27NOS/c1-3-14-28(15-4-1)30-21-11-24-35-36-25-12-23-34(44(36)47-43(30)35)32-19-8-7-18-31(32)33-22-13-27-39-40(33)41-42(46-39)37-20-9-10-26-38(37)45(41)29-16-5-2-6-17-29;1-3-12-28(13-4-1)29-22-24-34-35-25-23-30(27-41(35)47-40(34)26-29)32-16-7-8-17-33(32)36-19-11-21-39-42(36)43-44(46-39)37-18-9-10-20-38(37)45(43)31-14-5-2-6-15-31/h2*1-27H. The van der Waals surface area contributed by atoms with Gasteiger partial charge in [0.05, 0.1) is 21.8 Å². The monoisotopic (exact) mass is 1230 g/mol. The van der Waals surface area contributed by atoms with Gasteiger partial charge in [-0.1, -0.05) is 255 Å². The van der Waals surface area contributed by atoms with E-state index in [0.717, 1.165) is 77.3 Å². The van der Waals surface area contributed by atoms with E-state index in [1.165, 1.54) is 107 Å². The van der Waals surface area contributed by atoms with Crippen LogP contribution in [0.15, 0.2) is 336 Å². The third-order valence-corrected chi connectivity index (χ3v) is 21.3. The van der Waals surface area contributed by atoms with Crippen molar-refractivity contribution in [3.8, 4) is 78.1 Å². The summed E-state index contributed by atoms with van der Waals surface area (Å²) >= 11 is 3.77. The van der Waals surface area contributed by atoms with Crippen molar-refractivity contribution < 1.29 is 8.83 Å². The van der Waals surface area contributed by atoms with Gasteiger partial charge in [0, 0.05) is 68.1 Å². The molecule has 0 fully saturated rings. The molecule has 0 aliphatic carbocycles. The predicted molar refractivity (Wildman–Crippen MR) is 400 cm³/mol. The van der Waals surface area contributed by atoms with E-state index in [2.05, 4.69) is 337 Å². The molecule has 6 heterocycles. The fraction of sp³-hybridized carbons (Fsp3) is 0. The number of furan rings is 2. The summed E-state index contributed by atoms with van der Waals surface area (Å²) in [6, 6.07) is 118. The van der Waals surface area contributed by atoms with E-state index < -0.39 is 0 Å². The zero-order valence-corrected chi connectivity index (χ0v) is 52.3. The van der Waals surface area contributed by atoms with Crippen molar-refractivity contribution in [3.05, 3.63) is 328 Å². The maximum atomic E-state index is 6.72. The number of para-hydroxylation sites is 4. The molecule has 440 valence electrons. The lowest BCUT2D eigenvalue weighted by atomic mass is 9.92. The van der Waals surface area contributed by atoms with Crippen LogP contribution < -0.4 is 0 Å². The number of hydrogen-bond acceptors (Lipinski definition) is 4. The SMILES string of the molecule is c1ccc(-c2ccc3c(c2)sc2cc(-c4ccccc4-c4cccc5oc6c7ccccc7n(-c7ccccc7)c6c45)ccc23)cc1.c1ccc(-c2cccc3c2sc2c(-c4ccccc4-c4cccc5oc6c7ccccc7n(-c7ccccc7)c6c45)cccc23)cc1. The highest BCUT2D eigenvalue weighted by Crippen LogP contribution is 2.50. The number of benzene rings is 14. The highest BCUT2D eigenvalue weighted by Gasteiger charge is 2.26. The van der Waals surface area contributed by atoms with Gasteiger partial charge in [0.1, 0.15) is 22.2 Å². The lowest BCUT2D eigenvalue weighted by Crippen LogP contribution is -1.94. The molecule has 6 heteroatoms. The first-order valence-electron chi connectivity index (χ1n) is 31.9. The molecule has 0 bridgehead atoms. The summed E-state index contributed by atoms with van der Waals surface area (Å²) in [5.41, 5.74) is 25.0. The first kappa shape index (κ1) is 54.0. The van der Waals surface area contributed by atoms with Gasteiger partial charge >= 0.3 is 0 Å². The maximum Gasteiger partial charge on any atom is 0.161 e. The van der Waals surface area contributed by atoms with Crippen LogP contribution in [0.2, 0.25) is 0 Å². The van der Waals surface area contributed by atoms with Gasteiger partial charge in [0.2, 0.25) is 0 Å². The molecule has 4 nitrogen and oxygen atoms in total. The van der Waals surface area contributed by atoms with Gasteiger partial charge in [-0.15, -0.1) is 22.7 Å². The number of nitrogens with zero attached hydrogens (tertiary/aromatic N) is 2. The number of rotatable bonds is 8. The fourth-order valence-corrected chi connectivity index (χ4v) is 17.3. The van der Waals surface area contributed by atoms with Crippen LogP contribution >= 0.6 is 22.7 Å². The van der Waals surface area contributed by atoms with Crippen LogP contribution in [0, 0.1) is 0 Å². The normalized spacial score (nSPS) is 11.8. The summed E-state index contributed by atoms with van der Waals surface area (Å²) in [4.78, 5) is 0. The molecule has 0 spiro atoms. The minimum absolute atomic E-state index is 0.894. The first-order chi connectivity index (χ1) is 46.7. The lowest BCUT2D eigenvalue weighted by molar-refractivity contribution is 0.672. The van der Waals surface area contributed by atoms with E-state index in [9.17, 15) is 0 Å². The Bertz CT molecular complexity index is 6340. The van der Waals surface area contributed by atoms with Crippen LogP contribution in [0.25, 0.3) is 184 Å². The number of aromatic nitrogens is 2. The summed E-state index contributed by atoms with van der Waals surface area (Å²) in [5.74, 6) is 0. The Morgan fingerprint density at radius 2 is 0.617 bits per heavy atom. The number of fused-ring (bicyclic) bond motifs is 16. The molecule has 0 atom stereocenters. The third-order valence-electron chi connectivity index (χ3n) is 18.9. The molecule has 0 unspecified atom stereocenters. The van der Waals surface area contributed by atoms with Gasteiger partial charge in [-0.05, 0) is 134 Å². The summed E-state index contributed by atoms with van der Waals surface area (Å²) in [6.45, 7) is 0. The van der Waals surface area contributed by atoms with Crippen LogP contribution in [-0.4, -0.2) is 9.13 Å². The minimum atomic E-state index is 0.894. The first-order valence-corrected chi connectivity index (χ1v) is 33.5. The summed E-state index contributed by atoms with van der Waals surface area (Å²) < 4.78 is 23.4. The Labute approximate surface area is 548 Å². The molecule has 94 heavy (non-hydrogen) atoms. The van der Waals surface area contributed by atoms with E-state index in [1.807, 2.05) is 22.7 Å². The molecule has 0 amide bonds. The van der Waals surface area contributed by atoms with Gasteiger partial charge in [-0.2, -0.15) is 0 Å². The van der Waals surface area contributed by atoms with Gasteiger partial charge < -0.3 is 18.0 Å².